The molecular weight excluding hydrogens is 128 g/mol. The maximum absolute atomic E-state index is 9.40. The molecule has 2 atom stereocenters. The van der Waals surface area contributed by atoms with Gasteiger partial charge in [0.05, 0.1) is 17.8 Å². The molecule has 0 bridgehead atoms. The highest BCUT2D eigenvalue weighted by Gasteiger charge is 2.37. The molecule has 1 aliphatic heterocycles. The summed E-state index contributed by atoms with van der Waals surface area (Å²) in [7, 11) is 0. The predicted molar refractivity (Wildman–Crippen MR) is 39.9 cm³/mol. The van der Waals surface area contributed by atoms with E-state index in [1.54, 1.807) is 0 Å². The van der Waals surface area contributed by atoms with Gasteiger partial charge < -0.3 is 9.84 Å². The van der Waals surface area contributed by atoms with Gasteiger partial charge in [-0.05, 0) is 20.3 Å². The van der Waals surface area contributed by atoms with E-state index in [4.69, 9.17) is 4.74 Å². The summed E-state index contributed by atoms with van der Waals surface area (Å²) in [5.41, 5.74) is -0.111. The third-order valence-electron chi connectivity index (χ3n) is 2.00. The highest BCUT2D eigenvalue weighted by atomic mass is 16.5. The number of hydrogen-bond donors (Lipinski definition) is 1. The van der Waals surface area contributed by atoms with Gasteiger partial charge in [0.2, 0.25) is 0 Å². The van der Waals surface area contributed by atoms with Crippen molar-refractivity contribution in [3.63, 3.8) is 0 Å². The van der Waals surface area contributed by atoms with Crippen molar-refractivity contribution in [2.24, 2.45) is 0 Å². The highest BCUT2D eigenvalue weighted by Crippen LogP contribution is 2.30. The standard InChI is InChI=1S/C8H16O2/c1-4-7-6(9)5-8(2,3)10-7/h6-7,9H,4-5H2,1-3H3. The van der Waals surface area contributed by atoms with Crippen molar-refractivity contribution >= 4 is 0 Å². The van der Waals surface area contributed by atoms with E-state index in [0.717, 1.165) is 12.8 Å². The van der Waals surface area contributed by atoms with Crippen LogP contribution in [0.3, 0.4) is 0 Å². The number of aliphatic hydroxyl groups is 1. The summed E-state index contributed by atoms with van der Waals surface area (Å²) < 4.78 is 5.56. The van der Waals surface area contributed by atoms with Gasteiger partial charge in [-0.25, -0.2) is 0 Å². The largest absolute Gasteiger partial charge is 0.390 e. The highest BCUT2D eigenvalue weighted by molar-refractivity contribution is 4.86. The zero-order chi connectivity index (χ0) is 7.78. The van der Waals surface area contributed by atoms with Gasteiger partial charge in [-0.3, -0.25) is 0 Å². The topological polar surface area (TPSA) is 29.5 Å². The van der Waals surface area contributed by atoms with Gasteiger partial charge in [0.15, 0.2) is 0 Å². The van der Waals surface area contributed by atoms with Gasteiger partial charge in [0, 0.05) is 6.42 Å². The van der Waals surface area contributed by atoms with Crippen LogP contribution in [0, 0.1) is 0 Å². The van der Waals surface area contributed by atoms with Crippen molar-refractivity contribution in [1.82, 2.24) is 0 Å². The molecule has 1 rings (SSSR count). The molecule has 1 heterocycles. The quantitative estimate of drug-likeness (QED) is 0.601. The molecule has 1 N–H and O–H groups in total. The Hall–Kier alpha value is -0.0800. The monoisotopic (exact) mass is 144 g/mol. The Morgan fingerprint density at radius 3 is 2.40 bits per heavy atom. The second kappa shape index (κ2) is 2.51. The van der Waals surface area contributed by atoms with Gasteiger partial charge in [-0.1, -0.05) is 6.92 Å². The lowest BCUT2D eigenvalue weighted by atomic mass is 10.0. The summed E-state index contributed by atoms with van der Waals surface area (Å²) in [4.78, 5) is 0. The van der Waals surface area contributed by atoms with E-state index in [9.17, 15) is 5.11 Å². The molecule has 2 unspecified atom stereocenters. The van der Waals surface area contributed by atoms with Crippen LogP contribution in [0.1, 0.15) is 33.6 Å². The molecule has 10 heavy (non-hydrogen) atoms. The van der Waals surface area contributed by atoms with Crippen LogP contribution in [-0.4, -0.2) is 22.9 Å². The number of aliphatic hydroxyl groups excluding tert-OH is 1. The Morgan fingerprint density at radius 1 is 1.60 bits per heavy atom. The van der Waals surface area contributed by atoms with Gasteiger partial charge in [0.25, 0.3) is 0 Å². The van der Waals surface area contributed by atoms with Crippen molar-refractivity contribution in [2.75, 3.05) is 0 Å². The van der Waals surface area contributed by atoms with E-state index in [1.165, 1.54) is 0 Å². The van der Waals surface area contributed by atoms with E-state index in [0.29, 0.717) is 0 Å². The minimum Gasteiger partial charge on any atom is -0.390 e. The Kier molecular flexibility index (Phi) is 2.02. The first kappa shape index (κ1) is 8.02. The van der Waals surface area contributed by atoms with Crippen molar-refractivity contribution in [3.05, 3.63) is 0 Å². The summed E-state index contributed by atoms with van der Waals surface area (Å²) in [5, 5.41) is 9.40. The average molecular weight is 144 g/mol. The van der Waals surface area contributed by atoms with Crippen LogP contribution in [0.15, 0.2) is 0 Å². The Morgan fingerprint density at radius 2 is 2.20 bits per heavy atom. The van der Waals surface area contributed by atoms with E-state index in [1.807, 2.05) is 20.8 Å². The zero-order valence-corrected chi connectivity index (χ0v) is 6.92. The smallest absolute Gasteiger partial charge is 0.0839 e. The first-order valence-corrected chi connectivity index (χ1v) is 3.91. The number of hydrogen-bond acceptors (Lipinski definition) is 2. The third-order valence-corrected chi connectivity index (χ3v) is 2.00. The molecule has 0 saturated carbocycles. The van der Waals surface area contributed by atoms with Crippen LogP contribution in [0.5, 0.6) is 0 Å². The van der Waals surface area contributed by atoms with Gasteiger partial charge in [-0.2, -0.15) is 0 Å². The molecule has 60 valence electrons. The first-order valence-electron chi connectivity index (χ1n) is 3.91. The molecule has 0 radical (unpaired) electrons. The average Bonchev–Trinajstić information content (AvgIpc) is 2.05. The van der Waals surface area contributed by atoms with Crippen LogP contribution in [0.2, 0.25) is 0 Å². The number of ether oxygens (including phenoxy) is 1. The Bertz CT molecular complexity index is 120. The van der Waals surface area contributed by atoms with E-state index < -0.39 is 0 Å². The molecular formula is C8H16O2. The summed E-state index contributed by atoms with van der Waals surface area (Å²) in [5.74, 6) is 0. The molecule has 0 aromatic carbocycles. The van der Waals surface area contributed by atoms with Gasteiger partial charge in [0.1, 0.15) is 0 Å². The fourth-order valence-corrected chi connectivity index (χ4v) is 1.53. The summed E-state index contributed by atoms with van der Waals surface area (Å²) in [6.07, 6.45) is 1.49. The SMILES string of the molecule is CCC1OC(C)(C)CC1O. The zero-order valence-electron chi connectivity index (χ0n) is 6.92. The first-order chi connectivity index (χ1) is 4.55. The van der Waals surface area contributed by atoms with E-state index >= 15 is 0 Å². The normalized spacial score (nSPS) is 38.4. The molecule has 1 fully saturated rings. The molecule has 2 nitrogen and oxygen atoms in total. The minimum absolute atomic E-state index is 0.0648. The maximum Gasteiger partial charge on any atom is 0.0839 e. The predicted octanol–water partition coefficient (Wildman–Crippen LogP) is 1.32. The Balaban J connectivity index is 2.52. The van der Waals surface area contributed by atoms with Crippen LogP contribution in [0.4, 0.5) is 0 Å². The van der Waals surface area contributed by atoms with E-state index in [-0.39, 0.29) is 17.8 Å². The van der Waals surface area contributed by atoms with Crippen LogP contribution in [-0.2, 0) is 4.74 Å². The van der Waals surface area contributed by atoms with Gasteiger partial charge in [-0.15, -0.1) is 0 Å². The second-order valence-electron chi connectivity index (χ2n) is 3.60. The molecule has 0 amide bonds. The maximum atomic E-state index is 9.40. The molecule has 0 aromatic heterocycles. The lowest BCUT2D eigenvalue weighted by molar-refractivity contribution is -0.0328. The molecule has 0 aliphatic carbocycles. The lowest BCUT2D eigenvalue weighted by Crippen LogP contribution is -2.20. The fraction of sp³-hybridized carbons (Fsp3) is 1.00. The second-order valence-corrected chi connectivity index (χ2v) is 3.60. The van der Waals surface area contributed by atoms with Gasteiger partial charge >= 0.3 is 0 Å². The third kappa shape index (κ3) is 1.50. The van der Waals surface area contributed by atoms with Crippen molar-refractivity contribution in [1.29, 1.82) is 0 Å². The number of rotatable bonds is 1. The lowest BCUT2D eigenvalue weighted by Gasteiger charge is -2.17. The minimum atomic E-state index is -0.250. The van der Waals surface area contributed by atoms with Crippen LogP contribution < -0.4 is 0 Å². The summed E-state index contributed by atoms with van der Waals surface area (Å²) in [6.45, 7) is 6.08. The summed E-state index contributed by atoms with van der Waals surface area (Å²) in [6, 6.07) is 0. The molecule has 1 aliphatic rings. The fourth-order valence-electron chi connectivity index (χ4n) is 1.53. The van der Waals surface area contributed by atoms with E-state index in [2.05, 4.69) is 0 Å². The molecule has 0 spiro atoms. The van der Waals surface area contributed by atoms with Crippen molar-refractivity contribution in [3.8, 4) is 0 Å². The molecule has 0 aromatic rings. The molecule has 2 heteroatoms. The molecule has 1 saturated heterocycles. The van der Waals surface area contributed by atoms with Crippen LogP contribution >= 0.6 is 0 Å². The van der Waals surface area contributed by atoms with Crippen molar-refractivity contribution in [2.45, 2.75) is 51.4 Å². The summed E-state index contributed by atoms with van der Waals surface area (Å²) >= 11 is 0. The van der Waals surface area contributed by atoms with Crippen LogP contribution in [0.25, 0.3) is 0 Å². The Labute approximate surface area is 62.2 Å². The van der Waals surface area contributed by atoms with Crippen molar-refractivity contribution < 1.29 is 9.84 Å².